The van der Waals surface area contributed by atoms with Gasteiger partial charge in [-0.1, -0.05) is 0 Å². The Balaban J connectivity index is 4.15. The second kappa shape index (κ2) is 4.04. The quantitative estimate of drug-likeness (QED) is 0.344. The van der Waals surface area contributed by atoms with Crippen LogP contribution in [0.4, 0.5) is 0 Å². The van der Waals surface area contributed by atoms with Gasteiger partial charge in [0.05, 0.1) is 35.5 Å². The van der Waals surface area contributed by atoms with Crippen LogP contribution in [0.2, 0.25) is 0 Å². The van der Waals surface area contributed by atoms with Gasteiger partial charge in [0.2, 0.25) is 0 Å². The number of hydrogen-bond donors (Lipinski definition) is 4. The van der Waals surface area contributed by atoms with Crippen LogP contribution in [0.1, 0.15) is 0 Å². The average Bonchev–Trinajstić information content (AvgIpc) is 1.92. The molecule has 1 atom stereocenters. The molecule has 59 valence electrons. The Morgan fingerprint density at radius 2 is 1.40 bits per heavy atom. The van der Waals surface area contributed by atoms with Crippen molar-refractivity contribution >= 4 is 10.2 Å². The van der Waals surface area contributed by atoms with Crippen molar-refractivity contribution in [3.8, 4) is 0 Å². The SMILES string of the molecule is OCC(CO)(CO)C(O)[Si]. The minimum Gasteiger partial charge on any atom is -0.397 e. The minimum absolute atomic E-state index is 0.468. The molecule has 0 amide bonds. The first-order valence-corrected chi connectivity index (χ1v) is 3.42. The molecule has 4 N–H and O–H groups in total. The van der Waals surface area contributed by atoms with E-state index in [0.29, 0.717) is 0 Å². The van der Waals surface area contributed by atoms with Gasteiger partial charge in [-0.2, -0.15) is 0 Å². The minimum atomic E-state index is -1.24. The van der Waals surface area contributed by atoms with E-state index in [1.807, 2.05) is 0 Å². The van der Waals surface area contributed by atoms with E-state index in [-0.39, 0.29) is 0 Å². The van der Waals surface area contributed by atoms with Gasteiger partial charge in [-0.15, -0.1) is 0 Å². The molecule has 0 aliphatic rings. The van der Waals surface area contributed by atoms with Crippen LogP contribution in [0.25, 0.3) is 0 Å². The van der Waals surface area contributed by atoms with E-state index in [2.05, 4.69) is 10.2 Å². The highest BCUT2D eigenvalue weighted by Crippen LogP contribution is 2.17. The highest BCUT2D eigenvalue weighted by atomic mass is 28.1. The summed E-state index contributed by atoms with van der Waals surface area (Å²) in [5.41, 5.74) is -2.34. The lowest BCUT2D eigenvalue weighted by Gasteiger charge is -2.30. The molecule has 0 aliphatic carbocycles. The predicted octanol–water partition coefficient (Wildman–Crippen LogP) is -2.56. The molecular formula is C5H11O4Si. The molecule has 0 aromatic carbocycles. The Morgan fingerprint density at radius 1 is 1.10 bits per heavy atom. The standard InChI is InChI=1S/C5H11O4Si/c6-1-5(2-7,3-8)4(9)10/h4,6-9H,1-3H2. The van der Waals surface area contributed by atoms with Crippen LogP contribution in [0.3, 0.4) is 0 Å². The maximum Gasteiger partial charge on any atom is 0.0665 e. The lowest BCUT2D eigenvalue weighted by atomic mass is 9.92. The Labute approximate surface area is 62.5 Å². The zero-order chi connectivity index (χ0) is 8.20. The fraction of sp³-hybridized carbons (Fsp3) is 1.00. The number of hydrogen-bond acceptors (Lipinski definition) is 4. The van der Waals surface area contributed by atoms with Gasteiger partial charge in [0.1, 0.15) is 0 Å². The van der Waals surface area contributed by atoms with Gasteiger partial charge in [0.25, 0.3) is 0 Å². The molecular weight excluding hydrogens is 152 g/mol. The summed E-state index contributed by atoms with van der Waals surface area (Å²) in [5, 5.41) is 34.8. The van der Waals surface area contributed by atoms with Gasteiger partial charge >= 0.3 is 0 Å². The largest absolute Gasteiger partial charge is 0.397 e. The predicted molar refractivity (Wildman–Crippen MR) is 35.5 cm³/mol. The van der Waals surface area contributed by atoms with Crippen LogP contribution in [0.15, 0.2) is 0 Å². The zero-order valence-electron chi connectivity index (χ0n) is 5.49. The van der Waals surface area contributed by atoms with E-state index < -0.39 is 31.0 Å². The van der Waals surface area contributed by atoms with Crippen LogP contribution in [0, 0.1) is 5.41 Å². The Morgan fingerprint density at radius 3 is 1.40 bits per heavy atom. The molecule has 10 heavy (non-hydrogen) atoms. The van der Waals surface area contributed by atoms with E-state index in [0.717, 1.165) is 0 Å². The van der Waals surface area contributed by atoms with Crippen molar-refractivity contribution < 1.29 is 20.4 Å². The summed E-state index contributed by atoms with van der Waals surface area (Å²) in [6, 6.07) is 0. The molecule has 0 rings (SSSR count). The van der Waals surface area contributed by atoms with Crippen LogP contribution in [-0.2, 0) is 0 Å². The molecule has 0 bridgehead atoms. The van der Waals surface area contributed by atoms with Gasteiger partial charge in [0, 0.05) is 5.73 Å². The first kappa shape index (κ1) is 10.1. The maximum atomic E-state index is 8.90. The molecule has 0 aliphatic heterocycles. The first-order chi connectivity index (χ1) is 4.63. The third kappa shape index (κ3) is 1.77. The highest BCUT2D eigenvalue weighted by Gasteiger charge is 2.33. The van der Waals surface area contributed by atoms with Gasteiger partial charge in [-0.05, 0) is 0 Å². The van der Waals surface area contributed by atoms with E-state index in [9.17, 15) is 0 Å². The summed E-state index contributed by atoms with van der Waals surface area (Å²) < 4.78 is 0. The van der Waals surface area contributed by atoms with E-state index in [1.165, 1.54) is 0 Å². The second-order valence-electron chi connectivity index (χ2n) is 2.24. The molecule has 0 saturated heterocycles. The summed E-state index contributed by atoms with van der Waals surface area (Å²) in [6.45, 7) is -1.40. The van der Waals surface area contributed by atoms with E-state index >= 15 is 0 Å². The lowest BCUT2D eigenvalue weighted by molar-refractivity contribution is -0.0505. The summed E-state index contributed by atoms with van der Waals surface area (Å²) in [7, 11) is 2.80. The summed E-state index contributed by atoms with van der Waals surface area (Å²) in [4.78, 5) is 0. The van der Waals surface area contributed by atoms with Crippen molar-refractivity contribution in [2.75, 3.05) is 19.8 Å². The third-order valence-corrected chi connectivity index (χ3v) is 2.14. The monoisotopic (exact) mass is 163 g/mol. The molecule has 0 fully saturated rings. The molecule has 0 aromatic rings. The van der Waals surface area contributed by atoms with Crippen molar-refractivity contribution in [1.29, 1.82) is 0 Å². The van der Waals surface area contributed by atoms with Crippen molar-refractivity contribution in [2.24, 2.45) is 5.41 Å². The van der Waals surface area contributed by atoms with Crippen LogP contribution >= 0.6 is 0 Å². The average molecular weight is 163 g/mol. The van der Waals surface area contributed by atoms with Gasteiger partial charge in [0.15, 0.2) is 0 Å². The van der Waals surface area contributed by atoms with Crippen molar-refractivity contribution in [2.45, 2.75) is 5.73 Å². The number of rotatable bonds is 4. The number of aliphatic hydroxyl groups is 4. The second-order valence-corrected chi connectivity index (χ2v) is 2.79. The van der Waals surface area contributed by atoms with Crippen LogP contribution in [-0.4, -0.2) is 56.2 Å². The lowest BCUT2D eigenvalue weighted by Crippen LogP contribution is -2.45. The normalized spacial score (nSPS) is 15.3. The van der Waals surface area contributed by atoms with Crippen molar-refractivity contribution in [1.82, 2.24) is 0 Å². The van der Waals surface area contributed by atoms with Crippen LogP contribution < -0.4 is 0 Å². The Hall–Kier alpha value is 0.0569. The van der Waals surface area contributed by atoms with E-state index in [1.54, 1.807) is 0 Å². The molecule has 0 spiro atoms. The fourth-order valence-corrected chi connectivity index (χ4v) is 0.683. The number of aliphatic hydroxyl groups excluding tert-OH is 4. The summed E-state index contributed by atoms with van der Waals surface area (Å²) in [6.07, 6.45) is 0. The molecule has 4 nitrogen and oxygen atoms in total. The molecule has 5 heteroatoms. The van der Waals surface area contributed by atoms with Crippen molar-refractivity contribution in [3.05, 3.63) is 0 Å². The molecule has 3 radical (unpaired) electrons. The summed E-state index contributed by atoms with van der Waals surface area (Å²) in [5.74, 6) is 0. The highest BCUT2D eigenvalue weighted by molar-refractivity contribution is 6.11. The molecule has 0 saturated carbocycles. The zero-order valence-corrected chi connectivity index (χ0v) is 6.49. The summed E-state index contributed by atoms with van der Waals surface area (Å²) >= 11 is 0. The molecule has 0 aromatic heterocycles. The molecule has 1 unspecified atom stereocenters. The fourth-order valence-electron chi connectivity index (χ4n) is 0.409. The van der Waals surface area contributed by atoms with Gasteiger partial charge in [-0.3, -0.25) is 0 Å². The van der Waals surface area contributed by atoms with Crippen molar-refractivity contribution in [3.63, 3.8) is 0 Å². The van der Waals surface area contributed by atoms with E-state index in [4.69, 9.17) is 20.4 Å². The Bertz CT molecular complexity index is 83.4. The smallest absolute Gasteiger partial charge is 0.0665 e. The topological polar surface area (TPSA) is 80.9 Å². The van der Waals surface area contributed by atoms with Gasteiger partial charge in [-0.25, -0.2) is 0 Å². The maximum absolute atomic E-state index is 8.90. The molecule has 0 heterocycles. The van der Waals surface area contributed by atoms with Crippen LogP contribution in [0.5, 0.6) is 0 Å². The van der Waals surface area contributed by atoms with Gasteiger partial charge < -0.3 is 20.4 Å². The first-order valence-electron chi connectivity index (χ1n) is 2.84. The Kier molecular flexibility index (Phi) is 4.07. The third-order valence-electron chi connectivity index (χ3n) is 1.52.